The van der Waals surface area contributed by atoms with E-state index >= 15 is 0 Å². The molecule has 0 aliphatic carbocycles. The van der Waals surface area contributed by atoms with Crippen LogP contribution in [0.1, 0.15) is 5.56 Å². The highest BCUT2D eigenvalue weighted by atomic mass is 35.5. The van der Waals surface area contributed by atoms with Gasteiger partial charge in [-0.05, 0) is 11.6 Å². The van der Waals surface area contributed by atoms with Crippen molar-refractivity contribution in [2.45, 2.75) is 6.54 Å². The molecule has 2 amide bonds. The zero-order valence-corrected chi connectivity index (χ0v) is 9.83. The van der Waals surface area contributed by atoms with Gasteiger partial charge >= 0.3 is 11.8 Å². The van der Waals surface area contributed by atoms with Gasteiger partial charge in [0.15, 0.2) is 0 Å². The normalized spacial score (nSPS) is 9.76. The van der Waals surface area contributed by atoms with Crippen LogP contribution >= 0.6 is 11.6 Å². The number of carbonyl (C=O) groups is 2. The van der Waals surface area contributed by atoms with Crippen LogP contribution in [0.4, 0.5) is 0 Å². The molecule has 0 saturated carbocycles. The minimum absolute atomic E-state index is 0.0539. The molecule has 0 unspecified atom stereocenters. The van der Waals surface area contributed by atoms with Crippen LogP contribution in [0.2, 0.25) is 5.02 Å². The molecule has 0 heterocycles. The molecular formula is C11H13ClN2O3. The minimum atomic E-state index is -0.772. The van der Waals surface area contributed by atoms with Gasteiger partial charge in [-0.2, -0.15) is 0 Å². The quantitative estimate of drug-likeness (QED) is 0.667. The second-order valence-corrected chi connectivity index (χ2v) is 3.66. The molecule has 17 heavy (non-hydrogen) atoms. The summed E-state index contributed by atoms with van der Waals surface area (Å²) in [6, 6.07) is 7.03. The number of nitrogens with one attached hydrogen (secondary N) is 2. The topological polar surface area (TPSA) is 78.4 Å². The standard InChI is InChI=1S/C11H13ClN2O3/c12-9-4-2-1-3-8(9)7-14-11(17)10(16)13-5-6-15/h1-4,15H,5-7H2,(H,13,16)(H,14,17). The molecule has 0 aliphatic rings. The Kier molecular flexibility index (Phi) is 5.45. The molecule has 3 N–H and O–H groups in total. The lowest BCUT2D eigenvalue weighted by molar-refractivity contribution is -0.139. The Balaban J connectivity index is 2.43. The molecule has 1 aromatic rings. The van der Waals surface area contributed by atoms with Gasteiger partial charge in [0.25, 0.3) is 0 Å². The Morgan fingerprint density at radius 2 is 1.82 bits per heavy atom. The highest BCUT2D eigenvalue weighted by Gasteiger charge is 2.12. The maximum absolute atomic E-state index is 11.3. The largest absolute Gasteiger partial charge is 0.395 e. The molecule has 0 atom stereocenters. The predicted octanol–water partition coefficient (Wildman–Crippen LogP) is 0.0647. The number of aliphatic hydroxyl groups excluding tert-OH is 1. The number of hydrogen-bond acceptors (Lipinski definition) is 3. The first-order valence-corrected chi connectivity index (χ1v) is 5.43. The molecular weight excluding hydrogens is 244 g/mol. The number of hydrogen-bond donors (Lipinski definition) is 3. The van der Waals surface area contributed by atoms with Gasteiger partial charge in [0.2, 0.25) is 0 Å². The lowest BCUT2D eigenvalue weighted by atomic mass is 10.2. The lowest BCUT2D eigenvalue weighted by Crippen LogP contribution is -2.40. The predicted molar refractivity (Wildman–Crippen MR) is 63.4 cm³/mol. The van der Waals surface area contributed by atoms with Crippen molar-refractivity contribution in [3.05, 3.63) is 34.9 Å². The molecule has 0 spiro atoms. The average Bonchev–Trinajstić information content (AvgIpc) is 2.34. The van der Waals surface area contributed by atoms with Gasteiger partial charge in [0, 0.05) is 18.1 Å². The van der Waals surface area contributed by atoms with Crippen molar-refractivity contribution < 1.29 is 14.7 Å². The van der Waals surface area contributed by atoms with Gasteiger partial charge in [0.1, 0.15) is 0 Å². The summed E-state index contributed by atoms with van der Waals surface area (Å²) in [5.74, 6) is -1.52. The molecule has 0 saturated heterocycles. The zero-order valence-electron chi connectivity index (χ0n) is 9.07. The molecule has 1 aromatic carbocycles. The summed E-state index contributed by atoms with van der Waals surface area (Å²) < 4.78 is 0. The van der Waals surface area contributed by atoms with Crippen LogP contribution in [0.15, 0.2) is 24.3 Å². The molecule has 0 aliphatic heterocycles. The highest BCUT2D eigenvalue weighted by Crippen LogP contribution is 2.13. The number of amides is 2. The SMILES string of the molecule is O=C(NCCO)C(=O)NCc1ccccc1Cl. The van der Waals surface area contributed by atoms with Crippen LogP contribution in [0.5, 0.6) is 0 Å². The van der Waals surface area contributed by atoms with Crippen LogP contribution in [-0.4, -0.2) is 30.1 Å². The average molecular weight is 257 g/mol. The smallest absolute Gasteiger partial charge is 0.309 e. The number of rotatable bonds is 4. The van der Waals surface area contributed by atoms with Gasteiger partial charge in [-0.3, -0.25) is 9.59 Å². The van der Waals surface area contributed by atoms with E-state index in [4.69, 9.17) is 16.7 Å². The van der Waals surface area contributed by atoms with Gasteiger partial charge in [-0.1, -0.05) is 29.8 Å². The fourth-order valence-electron chi connectivity index (χ4n) is 1.15. The second-order valence-electron chi connectivity index (χ2n) is 3.25. The van der Waals surface area contributed by atoms with Crippen molar-refractivity contribution in [2.24, 2.45) is 0 Å². The molecule has 0 fully saturated rings. The first-order chi connectivity index (χ1) is 8.15. The van der Waals surface area contributed by atoms with Crippen LogP contribution < -0.4 is 10.6 Å². The van der Waals surface area contributed by atoms with E-state index in [1.165, 1.54) is 0 Å². The Hall–Kier alpha value is -1.59. The third-order valence-electron chi connectivity index (χ3n) is 2.00. The fraction of sp³-hybridized carbons (Fsp3) is 0.273. The van der Waals surface area contributed by atoms with E-state index < -0.39 is 11.8 Å². The first kappa shape index (κ1) is 13.5. The summed E-state index contributed by atoms with van der Waals surface area (Å²) in [7, 11) is 0. The minimum Gasteiger partial charge on any atom is -0.395 e. The van der Waals surface area contributed by atoms with Crippen molar-refractivity contribution in [2.75, 3.05) is 13.2 Å². The molecule has 92 valence electrons. The Labute approximate surface area is 104 Å². The zero-order chi connectivity index (χ0) is 12.7. The molecule has 0 radical (unpaired) electrons. The van der Waals surface area contributed by atoms with E-state index in [0.717, 1.165) is 5.56 Å². The maximum Gasteiger partial charge on any atom is 0.309 e. The van der Waals surface area contributed by atoms with Crippen molar-refractivity contribution in [1.82, 2.24) is 10.6 Å². The molecule has 0 aromatic heterocycles. The number of halogens is 1. The lowest BCUT2D eigenvalue weighted by Gasteiger charge is -2.06. The second kappa shape index (κ2) is 6.88. The highest BCUT2D eigenvalue weighted by molar-refractivity contribution is 6.35. The number of benzene rings is 1. The molecule has 1 rings (SSSR count). The summed E-state index contributed by atoms with van der Waals surface area (Å²) >= 11 is 5.89. The van der Waals surface area contributed by atoms with Gasteiger partial charge in [-0.15, -0.1) is 0 Å². The van der Waals surface area contributed by atoms with Crippen molar-refractivity contribution in [3.63, 3.8) is 0 Å². The van der Waals surface area contributed by atoms with Gasteiger partial charge in [-0.25, -0.2) is 0 Å². The van der Waals surface area contributed by atoms with Crippen LogP contribution in [0.3, 0.4) is 0 Å². The van der Waals surface area contributed by atoms with Crippen molar-refractivity contribution in [1.29, 1.82) is 0 Å². The van der Waals surface area contributed by atoms with Crippen LogP contribution in [0, 0.1) is 0 Å². The Morgan fingerprint density at radius 3 is 2.47 bits per heavy atom. The van der Waals surface area contributed by atoms with Crippen molar-refractivity contribution in [3.8, 4) is 0 Å². The first-order valence-electron chi connectivity index (χ1n) is 5.05. The van der Waals surface area contributed by atoms with E-state index in [1.54, 1.807) is 24.3 Å². The fourth-order valence-corrected chi connectivity index (χ4v) is 1.35. The number of aliphatic hydroxyl groups is 1. The summed E-state index contributed by atoms with van der Waals surface area (Å²) in [5.41, 5.74) is 0.734. The van der Waals surface area contributed by atoms with Crippen molar-refractivity contribution >= 4 is 23.4 Å². The third kappa shape index (κ3) is 4.42. The van der Waals surface area contributed by atoms with Crippen LogP contribution in [0.25, 0.3) is 0 Å². The molecule has 6 heteroatoms. The van der Waals surface area contributed by atoms with Gasteiger partial charge in [0.05, 0.1) is 6.61 Å². The summed E-state index contributed by atoms with van der Waals surface area (Å²) in [5, 5.41) is 13.7. The molecule has 5 nitrogen and oxygen atoms in total. The number of carbonyl (C=O) groups excluding carboxylic acids is 2. The summed E-state index contributed by atoms with van der Waals surface area (Å²) in [6.45, 7) is 0.0347. The Morgan fingerprint density at radius 1 is 1.18 bits per heavy atom. The van der Waals surface area contributed by atoms with Gasteiger partial charge < -0.3 is 15.7 Å². The molecule has 0 bridgehead atoms. The van der Waals surface area contributed by atoms with E-state index in [1.807, 2.05) is 0 Å². The maximum atomic E-state index is 11.3. The Bertz CT molecular complexity index is 409. The third-order valence-corrected chi connectivity index (χ3v) is 2.37. The van der Waals surface area contributed by atoms with E-state index in [2.05, 4.69) is 10.6 Å². The monoisotopic (exact) mass is 256 g/mol. The van der Waals surface area contributed by atoms with E-state index in [9.17, 15) is 9.59 Å². The van der Waals surface area contributed by atoms with E-state index in [0.29, 0.717) is 5.02 Å². The van der Waals surface area contributed by atoms with E-state index in [-0.39, 0.29) is 19.7 Å². The van der Waals surface area contributed by atoms with Crippen LogP contribution in [-0.2, 0) is 16.1 Å². The summed E-state index contributed by atoms with van der Waals surface area (Å²) in [4.78, 5) is 22.4. The summed E-state index contributed by atoms with van der Waals surface area (Å²) in [6.07, 6.45) is 0.